The van der Waals surface area contributed by atoms with Gasteiger partial charge in [-0.15, -0.1) is 0 Å². The van der Waals surface area contributed by atoms with E-state index in [1.807, 2.05) is 12.1 Å². The lowest BCUT2D eigenvalue weighted by molar-refractivity contribution is -0.140. The topological polar surface area (TPSA) is 46.6 Å². The fraction of sp³-hybridized carbons (Fsp3) is 0.385. The Morgan fingerprint density at radius 3 is 2.42 bits per heavy atom. The number of hydrogen-bond donors (Lipinski definition) is 0. The van der Waals surface area contributed by atoms with E-state index in [2.05, 4.69) is 32.9 Å². The lowest BCUT2D eigenvalue weighted by atomic mass is 9.81. The summed E-state index contributed by atoms with van der Waals surface area (Å²) in [5.41, 5.74) is 3.83. The molecule has 2 aromatic rings. The number of nitrogens with zero attached hydrogens (tertiary/aromatic N) is 1. The molecule has 1 amide bonds. The van der Waals surface area contributed by atoms with E-state index in [4.69, 9.17) is 4.74 Å². The maximum Gasteiger partial charge on any atom is 0.336 e. The normalized spacial score (nSPS) is 17.2. The summed E-state index contributed by atoms with van der Waals surface area (Å²) in [5, 5.41) is 0. The smallest absolute Gasteiger partial charge is 0.336 e. The Bertz CT molecular complexity index is 1000. The van der Waals surface area contributed by atoms with Gasteiger partial charge in [-0.3, -0.25) is 4.79 Å². The van der Waals surface area contributed by atoms with E-state index in [1.165, 1.54) is 17.7 Å². The van der Waals surface area contributed by atoms with Crippen molar-refractivity contribution < 1.29 is 18.7 Å². The molecule has 5 heteroatoms. The number of esters is 1. The zero-order valence-electron chi connectivity index (χ0n) is 18.9. The van der Waals surface area contributed by atoms with Gasteiger partial charge in [-0.25, -0.2) is 9.18 Å². The number of carbonyl (C=O) groups is 2. The highest BCUT2D eigenvalue weighted by molar-refractivity contribution is 5.95. The lowest BCUT2D eigenvalue weighted by Crippen LogP contribution is -2.38. The van der Waals surface area contributed by atoms with Gasteiger partial charge in [-0.1, -0.05) is 57.2 Å². The molecule has 0 radical (unpaired) electrons. The number of hydrogen-bond acceptors (Lipinski definition) is 3. The van der Waals surface area contributed by atoms with Gasteiger partial charge in [0.15, 0.2) is 0 Å². The number of ether oxygens (including phenoxy) is 1. The number of halogens is 1. The van der Waals surface area contributed by atoms with Crippen LogP contribution in [0.25, 0.3) is 0 Å². The van der Waals surface area contributed by atoms with Crippen LogP contribution in [0.4, 0.5) is 4.39 Å². The Labute approximate surface area is 183 Å². The molecule has 2 aromatic carbocycles. The predicted octanol–water partition coefficient (Wildman–Crippen LogP) is 5.48. The molecular weight excluding hydrogens is 393 g/mol. The third-order valence-electron chi connectivity index (χ3n) is 5.73. The first kappa shape index (κ1) is 22.7. The number of carbonyl (C=O) groups excluding carboxylic acids is 2. The van der Waals surface area contributed by atoms with Gasteiger partial charge in [0.2, 0.25) is 5.91 Å². The minimum atomic E-state index is -0.415. The molecule has 0 aromatic heterocycles. The van der Waals surface area contributed by atoms with Crippen molar-refractivity contribution in [3.8, 4) is 0 Å². The third kappa shape index (κ3) is 5.04. The van der Waals surface area contributed by atoms with Crippen molar-refractivity contribution in [2.45, 2.75) is 58.9 Å². The molecule has 0 spiro atoms. The Hall–Kier alpha value is -2.95. The molecule has 1 aliphatic rings. The summed E-state index contributed by atoms with van der Waals surface area (Å²) >= 11 is 0. The average Bonchev–Trinajstić information content (AvgIpc) is 2.70. The van der Waals surface area contributed by atoms with Crippen molar-refractivity contribution in [3.63, 3.8) is 0 Å². The Morgan fingerprint density at radius 1 is 1.16 bits per heavy atom. The second kappa shape index (κ2) is 9.04. The van der Waals surface area contributed by atoms with Gasteiger partial charge >= 0.3 is 5.97 Å². The quantitative estimate of drug-likeness (QED) is 0.599. The van der Waals surface area contributed by atoms with Crippen molar-refractivity contribution in [3.05, 3.63) is 82.3 Å². The van der Waals surface area contributed by atoms with Crippen molar-refractivity contribution in [2.75, 3.05) is 6.61 Å². The summed E-state index contributed by atoms with van der Waals surface area (Å²) in [5.74, 6) is -1.24. The monoisotopic (exact) mass is 423 g/mol. The second-order valence-electron chi connectivity index (χ2n) is 8.96. The molecule has 1 heterocycles. The van der Waals surface area contributed by atoms with Gasteiger partial charge in [0, 0.05) is 18.0 Å². The van der Waals surface area contributed by atoms with Crippen LogP contribution in [0, 0.1) is 5.82 Å². The summed E-state index contributed by atoms with van der Waals surface area (Å²) in [4.78, 5) is 27.5. The van der Waals surface area contributed by atoms with Crippen LogP contribution in [0.3, 0.4) is 0 Å². The van der Waals surface area contributed by atoms with Crippen LogP contribution in [-0.2, 0) is 26.3 Å². The number of benzene rings is 2. The first-order valence-electron chi connectivity index (χ1n) is 10.6. The van der Waals surface area contributed by atoms with Crippen LogP contribution in [0.1, 0.15) is 63.6 Å². The molecule has 0 bridgehead atoms. The van der Waals surface area contributed by atoms with E-state index >= 15 is 0 Å². The molecule has 0 fully saturated rings. The number of amides is 1. The van der Waals surface area contributed by atoms with Crippen LogP contribution in [0.15, 0.2) is 59.8 Å². The van der Waals surface area contributed by atoms with E-state index < -0.39 is 5.97 Å². The minimum Gasteiger partial charge on any atom is -0.463 e. The molecule has 0 saturated heterocycles. The molecule has 164 valence electrons. The molecule has 0 saturated carbocycles. The van der Waals surface area contributed by atoms with Gasteiger partial charge in [0.05, 0.1) is 18.7 Å². The maximum atomic E-state index is 13.6. The van der Waals surface area contributed by atoms with Crippen LogP contribution in [-0.4, -0.2) is 23.4 Å². The van der Waals surface area contributed by atoms with E-state index in [-0.39, 0.29) is 42.6 Å². The standard InChI is InChI=1S/C26H30FNO3/c1-6-31-25(30)24-17(2)28(16-18-8-7-9-21(27)14-18)23(29)15-22(24)19-10-12-20(13-11-19)26(3,4)5/h7-14,22H,6,15-16H2,1-5H3. The van der Waals surface area contributed by atoms with Crippen LogP contribution in [0.2, 0.25) is 0 Å². The summed E-state index contributed by atoms with van der Waals surface area (Å²) in [6.07, 6.45) is 0.162. The number of rotatable bonds is 5. The van der Waals surface area contributed by atoms with E-state index in [0.717, 1.165) is 5.56 Å². The summed E-state index contributed by atoms with van der Waals surface area (Å²) in [7, 11) is 0. The molecular formula is C26H30FNO3. The lowest BCUT2D eigenvalue weighted by Gasteiger charge is -2.34. The van der Waals surface area contributed by atoms with Crippen LogP contribution >= 0.6 is 0 Å². The molecule has 31 heavy (non-hydrogen) atoms. The SMILES string of the molecule is CCOC(=O)C1=C(C)N(Cc2cccc(F)c2)C(=O)CC1c1ccc(C(C)(C)C)cc1. The summed E-state index contributed by atoms with van der Waals surface area (Å²) in [6.45, 7) is 10.4. The van der Waals surface area contributed by atoms with Crippen molar-refractivity contribution >= 4 is 11.9 Å². The van der Waals surface area contributed by atoms with Crippen molar-refractivity contribution in [1.29, 1.82) is 0 Å². The zero-order chi connectivity index (χ0) is 22.8. The third-order valence-corrected chi connectivity index (χ3v) is 5.73. The Kier molecular flexibility index (Phi) is 6.63. The van der Waals surface area contributed by atoms with Crippen molar-refractivity contribution in [1.82, 2.24) is 4.90 Å². The van der Waals surface area contributed by atoms with Crippen molar-refractivity contribution in [2.24, 2.45) is 0 Å². The molecule has 3 rings (SSSR count). The van der Waals surface area contributed by atoms with Gasteiger partial charge in [-0.05, 0) is 48.1 Å². The zero-order valence-corrected chi connectivity index (χ0v) is 18.9. The molecule has 1 aliphatic heterocycles. The Balaban J connectivity index is 2.01. The summed E-state index contributed by atoms with van der Waals surface area (Å²) < 4.78 is 19.0. The number of allylic oxidation sites excluding steroid dienone is 1. The van der Waals surface area contributed by atoms with Gasteiger partial charge in [0.1, 0.15) is 5.82 Å². The van der Waals surface area contributed by atoms with E-state index in [9.17, 15) is 14.0 Å². The maximum absolute atomic E-state index is 13.6. The predicted molar refractivity (Wildman–Crippen MR) is 119 cm³/mol. The highest BCUT2D eigenvalue weighted by Gasteiger charge is 2.37. The molecule has 4 nitrogen and oxygen atoms in total. The first-order valence-corrected chi connectivity index (χ1v) is 10.6. The Morgan fingerprint density at radius 2 is 1.84 bits per heavy atom. The van der Waals surface area contributed by atoms with Crippen LogP contribution in [0.5, 0.6) is 0 Å². The molecule has 1 atom stereocenters. The van der Waals surface area contributed by atoms with Gasteiger partial charge in [0.25, 0.3) is 0 Å². The van der Waals surface area contributed by atoms with Gasteiger partial charge < -0.3 is 9.64 Å². The second-order valence-corrected chi connectivity index (χ2v) is 8.96. The fourth-order valence-electron chi connectivity index (χ4n) is 3.99. The van der Waals surface area contributed by atoms with Gasteiger partial charge in [-0.2, -0.15) is 0 Å². The van der Waals surface area contributed by atoms with Crippen LogP contribution < -0.4 is 0 Å². The first-order chi connectivity index (χ1) is 14.6. The van der Waals surface area contributed by atoms with E-state index in [1.54, 1.807) is 30.9 Å². The fourth-order valence-corrected chi connectivity index (χ4v) is 3.99. The molecule has 1 unspecified atom stereocenters. The largest absolute Gasteiger partial charge is 0.463 e. The van der Waals surface area contributed by atoms with E-state index in [0.29, 0.717) is 16.8 Å². The molecule has 0 N–H and O–H groups in total. The highest BCUT2D eigenvalue weighted by atomic mass is 19.1. The molecule has 0 aliphatic carbocycles. The summed E-state index contributed by atoms with van der Waals surface area (Å²) in [6, 6.07) is 14.2. The minimum absolute atomic E-state index is 0.0123. The highest BCUT2D eigenvalue weighted by Crippen LogP contribution is 2.38. The average molecular weight is 424 g/mol.